The first-order valence-electron chi connectivity index (χ1n) is 14.0. The van der Waals surface area contributed by atoms with Crippen molar-refractivity contribution in [2.75, 3.05) is 13.2 Å². The summed E-state index contributed by atoms with van der Waals surface area (Å²) in [6, 6.07) is 3.72. The lowest BCUT2D eigenvalue weighted by molar-refractivity contribution is 0.0279. The van der Waals surface area contributed by atoms with E-state index in [0.717, 1.165) is 36.9 Å². The number of aryl methyl sites for hydroxylation is 1. The van der Waals surface area contributed by atoms with E-state index in [1.807, 2.05) is 12.1 Å². The van der Waals surface area contributed by atoms with Crippen LogP contribution >= 0.6 is 0 Å². The minimum atomic E-state index is -0.954. The number of carbonyl (C=O) groups is 2. The lowest BCUT2D eigenvalue weighted by atomic mass is 9.92. The number of nitrogens with one attached hydrogen (secondary N) is 1. The first-order chi connectivity index (χ1) is 19.1. The number of aliphatic hydroxyl groups is 1. The van der Waals surface area contributed by atoms with Crippen molar-refractivity contribution in [3.8, 4) is 11.6 Å². The molecule has 3 heterocycles. The van der Waals surface area contributed by atoms with Gasteiger partial charge < -0.3 is 31.4 Å². The van der Waals surface area contributed by atoms with Crippen LogP contribution in [0.5, 0.6) is 11.6 Å². The van der Waals surface area contributed by atoms with E-state index in [-0.39, 0.29) is 30.2 Å². The van der Waals surface area contributed by atoms with E-state index in [9.17, 15) is 14.7 Å². The van der Waals surface area contributed by atoms with Crippen LogP contribution in [0.15, 0.2) is 24.5 Å². The maximum absolute atomic E-state index is 13.3. The number of hydrogen-bond acceptors (Lipinski definition) is 8. The van der Waals surface area contributed by atoms with Gasteiger partial charge in [-0.05, 0) is 77.5 Å². The molecule has 0 aromatic carbocycles. The van der Waals surface area contributed by atoms with Crippen LogP contribution in [0.1, 0.15) is 91.1 Å². The number of rotatable bonds is 12. The molecule has 0 unspecified atom stereocenters. The Morgan fingerprint density at radius 2 is 1.82 bits per heavy atom. The van der Waals surface area contributed by atoms with Crippen molar-refractivity contribution >= 4 is 17.3 Å². The molecule has 6 N–H and O–H groups in total. The molecule has 216 valence electrons. The van der Waals surface area contributed by atoms with Crippen LogP contribution in [0.2, 0.25) is 0 Å². The van der Waals surface area contributed by atoms with E-state index in [1.54, 1.807) is 29.2 Å². The Kier molecular flexibility index (Phi) is 7.99. The quantitative estimate of drug-likeness (QED) is 0.264. The third kappa shape index (κ3) is 6.23. The van der Waals surface area contributed by atoms with Crippen LogP contribution in [-0.2, 0) is 6.54 Å². The number of ether oxygens (including phenoxy) is 2. The maximum atomic E-state index is 13.3. The van der Waals surface area contributed by atoms with E-state index < -0.39 is 11.5 Å². The zero-order valence-electron chi connectivity index (χ0n) is 23.1. The molecule has 0 saturated heterocycles. The van der Waals surface area contributed by atoms with Crippen LogP contribution in [-0.4, -0.2) is 67.2 Å². The minimum absolute atomic E-state index is 0.00245. The van der Waals surface area contributed by atoms with Crippen LogP contribution in [0.25, 0.3) is 5.52 Å². The monoisotopic (exact) mass is 553 g/mol. The minimum Gasteiger partial charge on any atom is -0.489 e. The molecular formula is C28H39N7O5. The number of amides is 2. The molecule has 0 atom stereocenters. The number of nitrogens with two attached hydrogens (primary N) is 2. The Morgan fingerprint density at radius 1 is 1.10 bits per heavy atom. The molecule has 2 aliphatic rings. The first-order valence-corrected chi connectivity index (χ1v) is 14.0. The summed E-state index contributed by atoms with van der Waals surface area (Å²) in [7, 11) is 0. The van der Waals surface area contributed by atoms with Gasteiger partial charge in [0, 0.05) is 18.5 Å². The smallest absolute Gasteiger partial charge is 0.255 e. The van der Waals surface area contributed by atoms with Gasteiger partial charge in [-0.15, -0.1) is 0 Å². The second-order valence-electron chi connectivity index (χ2n) is 11.5. The molecule has 12 heteroatoms. The van der Waals surface area contributed by atoms with Gasteiger partial charge in [0.1, 0.15) is 24.0 Å². The lowest BCUT2D eigenvalue weighted by Crippen LogP contribution is -2.40. The number of carbonyl (C=O) groups excluding carboxylic acids is 2. The third-order valence-electron chi connectivity index (χ3n) is 7.39. The number of pyridine rings is 1. The van der Waals surface area contributed by atoms with Crippen LogP contribution in [0, 0.1) is 0 Å². The molecule has 0 spiro atoms. The number of nitrogens with zero attached hydrogens (tertiary/aromatic N) is 4. The standard InChI is InChI=1S/C28H39N7O5/c1-28(2,38)16-39-23-11-10-22-20(14-32-35(22)24(23)17-4-5-17)26(37)33-18-6-8-19(9-7-18)40-27-21(25(30)36)15-31-34(27)13-3-12-29/h10-11,14-15,17-19,38H,3-9,12-13,16,29H2,1-2H3,(H2,30,36)(H,33,37)/t18-,19-. The van der Waals surface area contributed by atoms with E-state index in [2.05, 4.69) is 15.5 Å². The summed E-state index contributed by atoms with van der Waals surface area (Å²) in [6.07, 6.45) is 8.63. The van der Waals surface area contributed by atoms with E-state index in [4.69, 9.17) is 20.9 Å². The lowest BCUT2D eigenvalue weighted by Gasteiger charge is -2.29. The first kappa shape index (κ1) is 27.9. The predicted molar refractivity (Wildman–Crippen MR) is 148 cm³/mol. The molecular weight excluding hydrogens is 514 g/mol. The summed E-state index contributed by atoms with van der Waals surface area (Å²) < 4.78 is 15.6. The summed E-state index contributed by atoms with van der Waals surface area (Å²) in [4.78, 5) is 25.2. The van der Waals surface area contributed by atoms with E-state index >= 15 is 0 Å². The molecule has 0 bridgehead atoms. The van der Waals surface area contributed by atoms with Crippen molar-refractivity contribution in [1.29, 1.82) is 0 Å². The van der Waals surface area contributed by atoms with Crippen LogP contribution in [0.4, 0.5) is 0 Å². The molecule has 2 saturated carbocycles. The average molecular weight is 554 g/mol. The topological polar surface area (TPSA) is 172 Å². The fourth-order valence-electron chi connectivity index (χ4n) is 5.15. The van der Waals surface area contributed by atoms with Gasteiger partial charge in [0.25, 0.3) is 11.8 Å². The molecule has 0 radical (unpaired) electrons. The van der Waals surface area contributed by atoms with Crippen molar-refractivity contribution in [3.63, 3.8) is 0 Å². The Labute approximate surface area is 233 Å². The third-order valence-corrected chi connectivity index (χ3v) is 7.39. The van der Waals surface area contributed by atoms with Gasteiger partial charge in [0.15, 0.2) is 0 Å². The zero-order chi connectivity index (χ0) is 28.4. The molecule has 3 aromatic heterocycles. The Hall–Kier alpha value is -3.64. The van der Waals surface area contributed by atoms with Crippen molar-refractivity contribution in [2.24, 2.45) is 11.5 Å². The van der Waals surface area contributed by atoms with E-state index in [1.165, 1.54) is 6.20 Å². The van der Waals surface area contributed by atoms with Gasteiger partial charge in [-0.25, -0.2) is 9.20 Å². The fourth-order valence-corrected chi connectivity index (χ4v) is 5.15. The van der Waals surface area contributed by atoms with Crippen LogP contribution < -0.4 is 26.3 Å². The highest BCUT2D eigenvalue weighted by atomic mass is 16.5. The van der Waals surface area contributed by atoms with Crippen molar-refractivity contribution in [2.45, 2.75) is 89.0 Å². The molecule has 3 aromatic rings. The number of hydrogen-bond donors (Lipinski definition) is 4. The SMILES string of the molecule is CC(C)(O)COc1ccc2c(C(=O)N[C@H]3CC[C@H](Oc4c(C(N)=O)cnn4CCCN)CC3)cnn2c1C1CC1. The summed E-state index contributed by atoms with van der Waals surface area (Å²) in [5.41, 5.74) is 12.7. The fraction of sp³-hybridized carbons (Fsp3) is 0.571. The van der Waals surface area contributed by atoms with Gasteiger partial charge in [-0.3, -0.25) is 9.59 Å². The van der Waals surface area contributed by atoms with Gasteiger partial charge in [0.05, 0.1) is 34.8 Å². The molecule has 12 nitrogen and oxygen atoms in total. The van der Waals surface area contributed by atoms with Crippen molar-refractivity contribution < 1.29 is 24.2 Å². The Balaban J connectivity index is 1.22. The van der Waals surface area contributed by atoms with Crippen molar-refractivity contribution in [1.82, 2.24) is 24.7 Å². The molecule has 0 aliphatic heterocycles. The van der Waals surface area contributed by atoms with Crippen molar-refractivity contribution in [3.05, 3.63) is 41.3 Å². The highest BCUT2D eigenvalue weighted by Gasteiger charge is 2.32. The second-order valence-corrected chi connectivity index (χ2v) is 11.5. The largest absolute Gasteiger partial charge is 0.489 e. The second kappa shape index (κ2) is 11.5. The van der Waals surface area contributed by atoms with Crippen LogP contribution in [0.3, 0.4) is 0 Å². The van der Waals surface area contributed by atoms with Gasteiger partial charge in [0.2, 0.25) is 5.88 Å². The summed E-state index contributed by atoms with van der Waals surface area (Å²) >= 11 is 0. The summed E-state index contributed by atoms with van der Waals surface area (Å²) in [6.45, 7) is 4.62. The molecule has 2 aliphatic carbocycles. The zero-order valence-corrected chi connectivity index (χ0v) is 23.1. The molecule has 40 heavy (non-hydrogen) atoms. The number of aromatic nitrogens is 4. The predicted octanol–water partition coefficient (Wildman–Crippen LogP) is 2.13. The number of primary amides is 1. The Morgan fingerprint density at radius 3 is 2.48 bits per heavy atom. The highest BCUT2D eigenvalue weighted by Crippen LogP contribution is 2.44. The normalized spacial score (nSPS) is 19.5. The molecule has 2 fully saturated rings. The van der Waals surface area contributed by atoms with E-state index in [0.29, 0.717) is 55.5 Å². The maximum Gasteiger partial charge on any atom is 0.255 e. The number of fused-ring (bicyclic) bond motifs is 1. The Bertz CT molecular complexity index is 1360. The van der Waals surface area contributed by atoms with Gasteiger partial charge in [-0.1, -0.05) is 0 Å². The molecule has 5 rings (SSSR count). The molecule has 2 amide bonds. The summed E-state index contributed by atoms with van der Waals surface area (Å²) in [5, 5.41) is 22.1. The van der Waals surface area contributed by atoms with Gasteiger partial charge in [-0.2, -0.15) is 10.2 Å². The highest BCUT2D eigenvalue weighted by molar-refractivity contribution is 6.01. The summed E-state index contributed by atoms with van der Waals surface area (Å²) in [5.74, 6) is 0.658. The van der Waals surface area contributed by atoms with Gasteiger partial charge >= 0.3 is 0 Å². The average Bonchev–Trinajstić information content (AvgIpc) is 3.53.